The van der Waals surface area contributed by atoms with Crippen LogP contribution >= 0.6 is 0 Å². The third-order valence-electron chi connectivity index (χ3n) is 3.27. The van der Waals surface area contributed by atoms with Crippen molar-refractivity contribution in [1.82, 2.24) is 20.2 Å². The van der Waals surface area contributed by atoms with E-state index in [1.807, 2.05) is 0 Å². The number of ether oxygens (including phenoxy) is 3. The highest BCUT2D eigenvalue weighted by atomic mass is 16.7. The van der Waals surface area contributed by atoms with E-state index in [9.17, 15) is 4.79 Å². The summed E-state index contributed by atoms with van der Waals surface area (Å²) in [6.07, 6.45) is 1.41. The molecular weight excluding hydrogens is 300 g/mol. The Balaban J connectivity index is 1.63. The number of esters is 1. The van der Waals surface area contributed by atoms with Crippen LogP contribution in [0.4, 0.5) is 0 Å². The Labute approximate surface area is 130 Å². The Hall–Kier alpha value is -3.42. The minimum atomic E-state index is -0.519. The molecule has 0 saturated carbocycles. The molecule has 8 nitrogen and oxygen atoms in total. The topological polar surface area (TPSA) is 88.4 Å². The number of para-hydroxylation sites is 1. The number of carbonyl (C=O) groups excluding carboxylic acids is 1. The highest BCUT2D eigenvalue weighted by Crippen LogP contribution is 2.35. The van der Waals surface area contributed by atoms with Gasteiger partial charge < -0.3 is 14.2 Å². The van der Waals surface area contributed by atoms with E-state index >= 15 is 0 Å². The molecule has 0 fully saturated rings. The number of aromatic nitrogens is 4. The van der Waals surface area contributed by atoms with Gasteiger partial charge in [-0.3, -0.25) is 0 Å². The van der Waals surface area contributed by atoms with Gasteiger partial charge in [0.05, 0.1) is 11.3 Å². The lowest BCUT2D eigenvalue weighted by molar-refractivity contribution is 0.0734. The van der Waals surface area contributed by atoms with Gasteiger partial charge in [-0.2, -0.15) is 4.68 Å². The third kappa shape index (κ3) is 2.46. The lowest BCUT2D eigenvalue weighted by atomic mass is 10.2. The molecule has 0 saturated heterocycles. The van der Waals surface area contributed by atoms with Crippen LogP contribution in [0.1, 0.15) is 10.4 Å². The average Bonchev–Trinajstić information content (AvgIpc) is 3.26. The standard InChI is InChI=1S/C15H10N4O4/c20-15(23-10-5-6-13-14(7-10)22-9-21-13)11-3-1-2-4-12(11)19-8-16-17-18-19/h1-8H,9H2. The van der Waals surface area contributed by atoms with Crippen molar-refractivity contribution in [3.63, 3.8) is 0 Å². The first-order valence-corrected chi connectivity index (χ1v) is 6.75. The number of hydrogen-bond acceptors (Lipinski definition) is 7. The van der Waals surface area contributed by atoms with E-state index in [2.05, 4.69) is 15.5 Å². The minimum Gasteiger partial charge on any atom is -0.454 e. The first-order chi connectivity index (χ1) is 11.3. The van der Waals surface area contributed by atoms with E-state index in [1.54, 1.807) is 42.5 Å². The quantitative estimate of drug-likeness (QED) is 0.536. The summed E-state index contributed by atoms with van der Waals surface area (Å²) in [5.74, 6) is 1.02. The monoisotopic (exact) mass is 310 g/mol. The molecule has 0 bridgehead atoms. The molecule has 3 aromatic rings. The van der Waals surface area contributed by atoms with Crippen LogP contribution in [-0.2, 0) is 0 Å². The molecule has 0 amide bonds. The number of hydrogen-bond donors (Lipinski definition) is 0. The molecule has 8 heteroatoms. The Morgan fingerprint density at radius 1 is 1.13 bits per heavy atom. The second-order valence-electron chi connectivity index (χ2n) is 4.68. The molecule has 1 aromatic heterocycles. The Bertz CT molecular complexity index is 864. The van der Waals surface area contributed by atoms with E-state index in [0.29, 0.717) is 28.5 Å². The summed E-state index contributed by atoms with van der Waals surface area (Å²) in [7, 11) is 0. The van der Waals surface area contributed by atoms with Crippen LogP contribution in [-0.4, -0.2) is 33.0 Å². The SMILES string of the molecule is O=C(Oc1ccc2c(c1)OCO2)c1ccccc1-n1cnnn1. The van der Waals surface area contributed by atoms with Gasteiger partial charge in [0.25, 0.3) is 0 Å². The summed E-state index contributed by atoms with van der Waals surface area (Å²) in [5, 5.41) is 10.9. The first kappa shape index (κ1) is 13.3. The molecule has 23 heavy (non-hydrogen) atoms. The Kier molecular flexibility index (Phi) is 3.12. The molecule has 0 spiro atoms. The molecule has 0 N–H and O–H groups in total. The van der Waals surface area contributed by atoms with Crippen LogP contribution in [0.15, 0.2) is 48.8 Å². The van der Waals surface area contributed by atoms with Crippen molar-refractivity contribution in [2.24, 2.45) is 0 Å². The van der Waals surface area contributed by atoms with Gasteiger partial charge in [-0.1, -0.05) is 12.1 Å². The molecule has 2 heterocycles. The summed E-state index contributed by atoms with van der Waals surface area (Å²) in [6.45, 7) is 0.162. The summed E-state index contributed by atoms with van der Waals surface area (Å²) in [5.41, 5.74) is 0.876. The van der Waals surface area contributed by atoms with Gasteiger partial charge in [-0.05, 0) is 34.7 Å². The molecule has 0 atom stereocenters. The van der Waals surface area contributed by atoms with E-state index in [0.717, 1.165) is 0 Å². The molecule has 0 unspecified atom stereocenters. The van der Waals surface area contributed by atoms with Crippen molar-refractivity contribution < 1.29 is 19.0 Å². The van der Waals surface area contributed by atoms with E-state index < -0.39 is 5.97 Å². The maximum absolute atomic E-state index is 12.5. The first-order valence-electron chi connectivity index (χ1n) is 6.75. The predicted molar refractivity (Wildman–Crippen MR) is 76.7 cm³/mol. The molecule has 1 aliphatic rings. The second kappa shape index (κ2) is 5.41. The lowest BCUT2D eigenvalue weighted by Gasteiger charge is -2.08. The number of nitrogens with zero attached hydrogens (tertiary/aromatic N) is 4. The number of tetrazole rings is 1. The number of benzene rings is 2. The van der Waals surface area contributed by atoms with Gasteiger partial charge in [-0.25, -0.2) is 4.79 Å². The lowest BCUT2D eigenvalue weighted by Crippen LogP contribution is -2.12. The normalized spacial score (nSPS) is 12.2. The molecule has 114 valence electrons. The van der Waals surface area contributed by atoms with E-state index in [-0.39, 0.29) is 6.79 Å². The maximum Gasteiger partial charge on any atom is 0.345 e. The van der Waals surface area contributed by atoms with Crippen molar-refractivity contribution in [3.8, 4) is 22.9 Å². The summed E-state index contributed by atoms with van der Waals surface area (Å²) < 4.78 is 17.3. The zero-order valence-corrected chi connectivity index (χ0v) is 11.7. The number of rotatable bonds is 3. The fraction of sp³-hybridized carbons (Fsp3) is 0.0667. The van der Waals surface area contributed by atoms with Crippen molar-refractivity contribution in [2.45, 2.75) is 0 Å². The van der Waals surface area contributed by atoms with Crippen LogP contribution in [0.2, 0.25) is 0 Å². The van der Waals surface area contributed by atoms with Gasteiger partial charge in [-0.15, -0.1) is 5.10 Å². The Morgan fingerprint density at radius 3 is 2.87 bits per heavy atom. The van der Waals surface area contributed by atoms with Gasteiger partial charge in [0.2, 0.25) is 6.79 Å². The van der Waals surface area contributed by atoms with Crippen LogP contribution in [0.3, 0.4) is 0 Å². The van der Waals surface area contributed by atoms with Crippen LogP contribution < -0.4 is 14.2 Å². The number of carbonyl (C=O) groups is 1. The number of fused-ring (bicyclic) bond motifs is 1. The minimum absolute atomic E-state index is 0.162. The predicted octanol–water partition coefficient (Wildman–Crippen LogP) is 1.61. The van der Waals surface area contributed by atoms with Gasteiger partial charge in [0, 0.05) is 6.07 Å². The van der Waals surface area contributed by atoms with Crippen molar-refractivity contribution in [3.05, 3.63) is 54.4 Å². The van der Waals surface area contributed by atoms with E-state index in [4.69, 9.17) is 14.2 Å². The zero-order chi connectivity index (χ0) is 15.6. The van der Waals surface area contributed by atoms with Crippen molar-refractivity contribution in [1.29, 1.82) is 0 Å². The summed E-state index contributed by atoms with van der Waals surface area (Å²) >= 11 is 0. The fourth-order valence-electron chi connectivity index (χ4n) is 2.22. The molecule has 2 aromatic carbocycles. The van der Waals surface area contributed by atoms with Crippen LogP contribution in [0, 0.1) is 0 Å². The molecule has 4 rings (SSSR count). The van der Waals surface area contributed by atoms with Crippen molar-refractivity contribution >= 4 is 5.97 Å². The highest BCUT2D eigenvalue weighted by molar-refractivity contribution is 5.94. The van der Waals surface area contributed by atoms with E-state index in [1.165, 1.54) is 11.0 Å². The van der Waals surface area contributed by atoms with Crippen LogP contribution in [0.5, 0.6) is 17.2 Å². The largest absolute Gasteiger partial charge is 0.454 e. The molecule has 0 aliphatic carbocycles. The van der Waals surface area contributed by atoms with Crippen molar-refractivity contribution in [2.75, 3.05) is 6.79 Å². The van der Waals surface area contributed by atoms with Gasteiger partial charge in [0.15, 0.2) is 11.5 Å². The summed E-state index contributed by atoms with van der Waals surface area (Å²) in [6, 6.07) is 11.8. The smallest absolute Gasteiger partial charge is 0.345 e. The zero-order valence-electron chi connectivity index (χ0n) is 11.7. The highest BCUT2D eigenvalue weighted by Gasteiger charge is 2.18. The van der Waals surface area contributed by atoms with Gasteiger partial charge >= 0.3 is 5.97 Å². The van der Waals surface area contributed by atoms with Crippen LogP contribution in [0.25, 0.3) is 5.69 Å². The summed E-state index contributed by atoms with van der Waals surface area (Å²) in [4.78, 5) is 12.5. The molecule has 0 radical (unpaired) electrons. The third-order valence-corrected chi connectivity index (χ3v) is 3.27. The fourth-order valence-corrected chi connectivity index (χ4v) is 2.22. The maximum atomic E-state index is 12.5. The Morgan fingerprint density at radius 2 is 2.00 bits per heavy atom. The second-order valence-corrected chi connectivity index (χ2v) is 4.68. The van der Waals surface area contributed by atoms with Gasteiger partial charge in [0.1, 0.15) is 12.1 Å². The molecule has 1 aliphatic heterocycles. The average molecular weight is 310 g/mol. The molecular formula is C15H10N4O4.